The van der Waals surface area contributed by atoms with Gasteiger partial charge in [0.25, 0.3) is 0 Å². The predicted octanol–water partition coefficient (Wildman–Crippen LogP) is 2.92. The molecule has 0 radical (unpaired) electrons. The number of hydrogen-bond donors (Lipinski definition) is 1. The quantitative estimate of drug-likeness (QED) is 0.666. The largest absolute Gasteiger partial charge is 0.398 e. The molecule has 0 amide bonds. The first-order valence-electron chi connectivity index (χ1n) is 5.83. The molecule has 1 saturated heterocycles. The van der Waals surface area contributed by atoms with Crippen molar-refractivity contribution in [1.82, 2.24) is 0 Å². The maximum absolute atomic E-state index is 12.0. The van der Waals surface area contributed by atoms with E-state index in [0.29, 0.717) is 28.6 Å². The fourth-order valence-electron chi connectivity index (χ4n) is 2.03. The van der Waals surface area contributed by atoms with E-state index in [-0.39, 0.29) is 5.78 Å². The van der Waals surface area contributed by atoms with Crippen LogP contribution in [0, 0.1) is 5.92 Å². The van der Waals surface area contributed by atoms with E-state index >= 15 is 0 Å². The van der Waals surface area contributed by atoms with E-state index in [0.717, 1.165) is 26.1 Å². The van der Waals surface area contributed by atoms with Crippen LogP contribution in [-0.2, 0) is 4.74 Å². The third-order valence-electron chi connectivity index (χ3n) is 3.14. The van der Waals surface area contributed by atoms with E-state index in [9.17, 15) is 4.79 Å². The molecule has 0 unspecified atom stereocenters. The molecule has 1 heterocycles. The molecular formula is C13H16ClNO2. The van der Waals surface area contributed by atoms with Crippen molar-refractivity contribution < 1.29 is 9.53 Å². The van der Waals surface area contributed by atoms with E-state index in [4.69, 9.17) is 22.1 Å². The summed E-state index contributed by atoms with van der Waals surface area (Å²) in [5.41, 5.74) is 6.77. The highest BCUT2D eigenvalue weighted by Crippen LogP contribution is 2.24. The fourth-order valence-corrected chi connectivity index (χ4v) is 2.21. The summed E-state index contributed by atoms with van der Waals surface area (Å²) < 4.78 is 5.27. The Balaban J connectivity index is 2.01. The molecule has 92 valence electrons. The Morgan fingerprint density at radius 1 is 1.41 bits per heavy atom. The monoisotopic (exact) mass is 253 g/mol. The van der Waals surface area contributed by atoms with Crippen molar-refractivity contribution in [3.8, 4) is 0 Å². The third-order valence-corrected chi connectivity index (χ3v) is 3.46. The van der Waals surface area contributed by atoms with Crippen LogP contribution >= 0.6 is 11.6 Å². The Bertz CT molecular complexity index is 414. The summed E-state index contributed by atoms with van der Waals surface area (Å²) in [5, 5.41) is 0.447. The van der Waals surface area contributed by atoms with E-state index in [1.165, 1.54) is 0 Å². The average molecular weight is 254 g/mol. The lowest BCUT2D eigenvalue weighted by atomic mass is 9.92. The number of Topliss-reactive ketones (excluding diaryl/α,β-unsaturated/α-hetero) is 1. The molecule has 0 bridgehead atoms. The lowest BCUT2D eigenvalue weighted by Crippen LogP contribution is -2.18. The van der Waals surface area contributed by atoms with E-state index in [2.05, 4.69) is 0 Å². The topological polar surface area (TPSA) is 52.3 Å². The summed E-state index contributed by atoms with van der Waals surface area (Å²) in [5.74, 6) is 0.575. The standard InChI is InChI=1S/C13H16ClNO2/c14-11-8-10(1-2-12(11)15)13(16)7-9-3-5-17-6-4-9/h1-2,8-9H,3-7,15H2. The minimum Gasteiger partial charge on any atom is -0.398 e. The van der Waals surface area contributed by atoms with Gasteiger partial charge >= 0.3 is 0 Å². The number of rotatable bonds is 3. The first-order valence-corrected chi connectivity index (χ1v) is 6.20. The average Bonchev–Trinajstić information content (AvgIpc) is 2.34. The van der Waals surface area contributed by atoms with Crippen LogP contribution in [0.4, 0.5) is 5.69 Å². The zero-order chi connectivity index (χ0) is 12.3. The molecule has 2 rings (SSSR count). The van der Waals surface area contributed by atoms with Crippen LogP contribution in [0.15, 0.2) is 18.2 Å². The molecule has 1 aromatic carbocycles. The van der Waals surface area contributed by atoms with Gasteiger partial charge in [0.2, 0.25) is 0 Å². The number of halogens is 1. The van der Waals surface area contributed by atoms with Crippen LogP contribution in [-0.4, -0.2) is 19.0 Å². The van der Waals surface area contributed by atoms with Gasteiger partial charge < -0.3 is 10.5 Å². The molecular weight excluding hydrogens is 238 g/mol. The van der Waals surface area contributed by atoms with Gasteiger partial charge in [0, 0.05) is 25.2 Å². The Morgan fingerprint density at radius 2 is 2.12 bits per heavy atom. The third kappa shape index (κ3) is 3.20. The van der Waals surface area contributed by atoms with Gasteiger partial charge in [-0.05, 0) is 37.0 Å². The number of ether oxygens (including phenoxy) is 1. The number of carbonyl (C=O) groups is 1. The first kappa shape index (κ1) is 12.4. The maximum atomic E-state index is 12.0. The highest BCUT2D eigenvalue weighted by Gasteiger charge is 2.18. The fraction of sp³-hybridized carbons (Fsp3) is 0.462. The number of hydrogen-bond acceptors (Lipinski definition) is 3. The van der Waals surface area contributed by atoms with Gasteiger partial charge in [0.1, 0.15) is 0 Å². The zero-order valence-corrected chi connectivity index (χ0v) is 10.4. The van der Waals surface area contributed by atoms with Crippen molar-refractivity contribution in [2.75, 3.05) is 18.9 Å². The highest BCUT2D eigenvalue weighted by molar-refractivity contribution is 6.33. The Kier molecular flexibility index (Phi) is 4.02. The van der Waals surface area contributed by atoms with E-state index in [1.54, 1.807) is 18.2 Å². The van der Waals surface area contributed by atoms with Crippen molar-refractivity contribution >= 4 is 23.1 Å². The molecule has 0 spiro atoms. The van der Waals surface area contributed by atoms with Gasteiger partial charge in [0.05, 0.1) is 10.7 Å². The van der Waals surface area contributed by atoms with Crippen molar-refractivity contribution in [2.24, 2.45) is 5.92 Å². The molecule has 17 heavy (non-hydrogen) atoms. The normalized spacial score (nSPS) is 17.0. The molecule has 2 N–H and O–H groups in total. The summed E-state index contributed by atoms with van der Waals surface area (Å²) in [7, 11) is 0. The minimum atomic E-state index is 0.138. The molecule has 4 heteroatoms. The van der Waals surface area contributed by atoms with Crippen LogP contribution in [0.1, 0.15) is 29.6 Å². The molecule has 0 atom stereocenters. The zero-order valence-electron chi connectivity index (χ0n) is 9.62. The molecule has 0 aromatic heterocycles. The van der Waals surface area contributed by atoms with Gasteiger partial charge in [0.15, 0.2) is 5.78 Å². The smallest absolute Gasteiger partial charge is 0.163 e. The molecule has 3 nitrogen and oxygen atoms in total. The van der Waals surface area contributed by atoms with E-state index < -0.39 is 0 Å². The second-order valence-corrected chi connectivity index (χ2v) is 4.83. The molecule has 1 aliphatic rings. The molecule has 1 aliphatic heterocycles. The van der Waals surface area contributed by atoms with Crippen molar-refractivity contribution in [3.05, 3.63) is 28.8 Å². The number of benzene rings is 1. The van der Waals surface area contributed by atoms with Crippen molar-refractivity contribution in [3.63, 3.8) is 0 Å². The maximum Gasteiger partial charge on any atom is 0.163 e. The first-order chi connectivity index (χ1) is 8.16. The van der Waals surface area contributed by atoms with E-state index in [1.807, 2.05) is 0 Å². The summed E-state index contributed by atoms with van der Waals surface area (Å²) >= 11 is 5.90. The van der Waals surface area contributed by atoms with Gasteiger partial charge in [-0.3, -0.25) is 4.79 Å². The predicted molar refractivity (Wildman–Crippen MR) is 68.4 cm³/mol. The summed E-state index contributed by atoms with van der Waals surface area (Å²) in [4.78, 5) is 12.0. The van der Waals surface area contributed by atoms with Crippen LogP contribution in [0.5, 0.6) is 0 Å². The van der Waals surface area contributed by atoms with Gasteiger partial charge in [-0.2, -0.15) is 0 Å². The Labute approximate surface area is 106 Å². The van der Waals surface area contributed by atoms with Crippen LogP contribution < -0.4 is 5.73 Å². The molecule has 1 aromatic rings. The second-order valence-electron chi connectivity index (χ2n) is 4.42. The van der Waals surface area contributed by atoms with Gasteiger partial charge in [-0.1, -0.05) is 11.6 Å². The number of carbonyl (C=O) groups excluding carboxylic acids is 1. The van der Waals surface area contributed by atoms with Gasteiger partial charge in [-0.15, -0.1) is 0 Å². The van der Waals surface area contributed by atoms with Crippen LogP contribution in [0.25, 0.3) is 0 Å². The van der Waals surface area contributed by atoms with Crippen molar-refractivity contribution in [1.29, 1.82) is 0 Å². The molecule has 0 saturated carbocycles. The number of ketones is 1. The molecule has 1 fully saturated rings. The SMILES string of the molecule is Nc1ccc(C(=O)CC2CCOCC2)cc1Cl. The van der Waals surface area contributed by atoms with Gasteiger partial charge in [-0.25, -0.2) is 0 Å². The van der Waals surface area contributed by atoms with Crippen molar-refractivity contribution in [2.45, 2.75) is 19.3 Å². The lowest BCUT2D eigenvalue weighted by Gasteiger charge is -2.21. The lowest BCUT2D eigenvalue weighted by molar-refractivity contribution is 0.0601. The highest BCUT2D eigenvalue weighted by atomic mass is 35.5. The summed E-state index contributed by atoms with van der Waals surface area (Å²) in [6.07, 6.45) is 2.51. The molecule has 0 aliphatic carbocycles. The number of nitrogens with two attached hydrogens (primary N) is 1. The Morgan fingerprint density at radius 3 is 2.76 bits per heavy atom. The summed E-state index contributed by atoms with van der Waals surface area (Å²) in [6, 6.07) is 5.07. The Hall–Kier alpha value is -1.06. The minimum absolute atomic E-state index is 0.138. The number of anilines is 1. The van der Waals surface area contributed by atoms with Crippen LogP contribution in [0.3, 0.4) is 0 Å². The second kappa shape index (κ2) is 5.52. The van der Waals surface area contributed by atoms with Crippen LogP contribution in [0.2, 0.25) is 5.02 Å². The summed E-state index contributed by atoms with van der Waals surface area (Å²) in [6.45, 7) is 1.53. The number of nitrogen functional groups attached to an aromatic ring is 1.